The Hall–Kier alpha value is -2.08. The topological polar surface area (TPSA) is 63.2 Å². The van der Waals surface area contributed by atoms with Crippen molar-refractivity contribution < 1.29 is 9.53 Å². The lowest BCUT2D eigenvalue weighted by Gasteiger charge is -2.19. The number of nitrogens with zero attached hydrogens (tertiary/aromatic N) is 1. The van der Waals surface area contributed by atoms with Gasteiger partial charge < -0.3 is 10.1 Å². The second-order valence-electron chi connectivity index (χ2n) is 6.78. The molecule has 0 saturated heterocycles. The zero-order chi connectivity index (χ0) is 17.2. The Bertz CT molecular complexity index is 729. The predicted molar refractivity (Wildman–Crippen MR) is 99.4 cm³/mol. The molecule has 4 rings (SSSR count). The van der Waals surface area contributed by atoms with Crippen molar-refractivity contribution in [3.05, 3.63) is 40.4 Å². The normalized spacial score (nSPS) is 17.5. The van der Waals surface area contributed by atoms with Crippen molar-refractivity contribution in [2.24, 2.45) is 5.92 Å². The lowest BCUT2D eigenvalue weighted by molar-refractivity contribution is 0.247. The van der Waals surface area contributed by atoms with Crippen molar-refractivity contribution >= 4 is 22.5 Å². The van der Waals surface area contributed by atoms with Gasteiger partial charge in [0.2, 0.25) is 0 Å². The Morgan fingerprint density at radius 2 is 2.00 bits per heavy atom. The maximum absolute atomic E-state index is 12.5. The Kier molecular flexibility index (Phi) is 4.61. The summed E-state index contributed by atoms with van der Waals surface area (Å²) in [5.41, 5.74) is 2.29. The van der Waals surface area contributed by atoms with Crippen LogP contribution in [0, 0.1) is 5.92 Å². The summed E-state index contributed by atoms with van der Waals surface area (Å²) in [5, 5.41) is 6.79. The second-order valence-corrected chi connectivity index (χ2v) is 7.87. The number of fused-ring (bicyclic) bond motifs is 1. The zero-order valence-electron chi connectivity index (χ0n) is 14.4. The first-order valence-corrected chi connectivity index (χ1v) is 9.74. The molecule has 0 bridgehead atoms. The molecule has 2 amide bonds. The summed E-state index contributed by atoms with van der Waals surface area (Å²) in [4.78, 5) is 18.4. The number of ether oxygens (including phenoxy) is 1. The third-order valence-electron chi connectivity index (χ3n) is 4.92. The predicted octanol–water partition coefficient (Wildman–Crippen LogP) is 4.30. The van der Waals surface area contributed by atoms with Crippen molar-refractivity contribution in [3.8, 4) is 5.75 Å². The molecule has 1 fully saturated rings. The van der Waals surface area contributed by atoms with Crippen LogP contribution in [0.25, 0.3) is 0 Å². The van der Waals surface area contributed by atoms with Gasteiger partial charge in [0.05, 0.1) is 18.8 Å². The van der Waals surface area contributed by atoms with Crippen LogP contribution in [0.4, 0.5) is 9.93 Å². The molecule has 1 atom stereocenters. The lowest BCUT2D eigenvalue weighted by atomic mass is 10.0. The number of urea groups is 1. The Morgan fingerprint density at radius 3 is 2.68 bits per heavy atom. The van der Waals surface area contributed by atoms with Crippen LogP contribution in [0.1, 0.15) is 47.9 Å². The Balaban J connectivity index is 1.43. The second kappa shape index (κ2) is 7.04. The van der Waals surface area contributed by atoms with E-state index < -0.39 is 0 Å². The standard InChI is InChI=1S/C19H23N3O2S/c1-24-14-10-8-13(9-11-14)17(12-6-7-12)21-18(23)22-19-20-15-4-2-3-5-16(15)25-19/h8-12,17H,2-7H2,1H3,(H2,20,21,22,23). The fourth-order valence-corrected chi connectivity index (χ4v) is 4.44. The molecular formula is C19H23N3O2S. The first-order chi connectivity index (χ1) is 12.2. The number of hydrogen-bond acceptors (Lipinski definition) is 4. The number of thiazole rings is 1. The van der Waals surface area contributed by atoms with Crippen LogP contribution in [0.3, 0.4) is 0 Å². The molecule has 25 heavy (non-hydrogen) atoms. The number of rotatable bonds is 5. The number of aromatic nitrogens is 1. The van der Waals surface area contributed by atoms with Crippen LogP contribution in [0.2, 0.25) is 0 Å². The van der Waals surface area contributed by atoms with Gasteiger partial charge >= 0.3 is 6.03 Å². The first-order valence-electron chi connectivity index (χ1n) is 8.93. The fourth-order valence-electron chi connectivity index (χ4n) is 3.39. The summed E-state index contributed by atoms with van der Waals surface area (Å²) in [7, 11) is 1.66. The largest absolute Gasteiger partial charge is 0.497 e. The van der Waals surface area contributed by atoms with Gasteiger partial charge in [-0.25, -0.2) is 9.78 Å². The number of nitrogens with one attached hydrogen (secondary N) is 2. The van der Waals surface area contributed by atoms with Crippen molar-refractivity contribution in [3.63, 3.8) is 0 Å². The molecule has 2 aliphatic carbocycles. The molecule has 6 heteroatoms. The van der Waals surface area contributed by atoms with Gasteiger partial charge in [0.15, 0.2) is 5.13 Å². The number of amides is 2. The third-order valence-corrected chi connectivity index (χ3v) is 5.99. The molecule has 1 unspecified atom stereocenters. The molecule has 0 radical (unpaired) electrons. The van der Waals surface area contributed by atoms with E-state index in [1.807, 2.05) is 24.3 Å². The van der Waals surface area contributed by atoms with Crippen LogP contribution >= 0.6 is 11.3 Å². The van der Waals surface area contributed by atoms with Crippen LogP contribution in [-0.4, -0.2) is 18.1 Å². The minimum Gasteiger partial charge on any atom is -0.497 e. The maximum atomic E-state index is 12.5. The Morgan fingerprint density at radius 1 is 1.24 bits per heavy atom. The molecule has 2 N–H and O–H groups in total. The van der Waals surface area contributed by atoms with Crippen molar-refractivity contribution in [2.45, 2.75) is 44.6 Å². The molecule has 5 nitrogen and oxygen atoms in total. The summed E-state index contributed by atoms with van der Waals surface area (Å²) < 4.78 is 5.22. The first kappa shape index (κ1) is 16.4. The van der Waals surface area contributed by atoms with E-state index in [2.05, 4.69) is 15.6 Å². The molecule has 132 valence electrons. The number of aryl methyl sites for hydroxylation is 2. The minimum atomic E-state index is -0.168. The number of hydrogen-bond donors (Lipinski definition) is 2. The number of methoxy groups -OCH3 is 1. The third kappa shape index (κ3) is 3.79. The van der Waals surface area contributed by atoms with E-state index in [4.69, 9.17) is 4.74 Å². The highest BCUT2D eigenvalue weighted by Crippen LogP contribution is 2.41. The zero-order valence-corrected chi connectivity index (χ0v) is 15.2. The average molecular weight is 357 g/mol. The summed E-state index contributed by atoms with van der Waals surface area (Å²) in [6, 6.07) is 7.83. The highest BCUT2D eigenvalue weighted by molar-refractivity contribution is 7.15. The fraction of sp³-hybridized carbons (Fsp3) is 0.474. The van der Waals surface area contributed by atoms with Gasteiger partial charge in [-0.05, 0) is 62.1 Å². The van der Waals surface area contributed by atoms with Crippen LogP contribution < -0.4 is 15.4 Å². The van der Waals surface area contributed by atoms with Crippen LogP contribution in [0.15, 0.2) is 24.3 Å². The number of anilines is 1. The monoisotopic (exact) mass is 357 g/mol. The van der Waals surface area contributed by atoms with Gasteiger partial charge in [-0.3, -0.25) is 5.32 Å². The van der Waals surface area contributed by atoms with Gasteiger partial charge in [0.1, 0.15) is 5.75 Å². The van der Waals surface area contributed by atoms with Gasteiger partial charge in [-0.15, -0.1) is 11.3 Å². The molecule has 1 saturated carbocycles. The molecule has 2 aromatic rings. The van der Waals surface area contributed by atoms with Crippen LogP contribution in [-0.2, 0) is 12.8 Å². The number of benzene rings is 1. The summed E-state index contributed by atoms with van der Waals surface area (Å²) in [6.07, 6.45) is 6.86. The molecular weight excluding hydrogens is 334 g/mol. The lowest BCUT2D eigenvalue weighted by Crippen LogP contribution is -2.33. The molecule has 1 aromatic carbocycles. The molecule has 0 aliphatic heterocycles. The van der Waals surface area contributed by atoms with Gasteiger partial charge in [0.25, 0.3) is 0 Å². The average Bonchev–Trinajstić information content (AvgIpc) is 3.39. The quantitative estimate of drug-likeness (QED) is 0.838. The highest BCUT2D eigenvalue weighted by Gasteiger charge is 2.33. The van der Waals surface area contributed by atoms with Gasteiger partial charge in [-0.2, -0.15) is 0 Å². The summed E-state index contributed by atoms with van der Waals surface area (Å²) in [6.45, 7) is 0. The molecule has 1 heterocycles. The van der Waals surface area contributed by atoms with Gasteiger partial charge in [-0.1, -0.05) is 12.1 Å². The van der Waals surface area contributed by atoms with E-state index in [0.717, 1.165) is 37.0 Å². The smallest absolute Gasteiger partial charge is 0.321 e. The molecule has 1 aromatic heterocycles. The van der Waals surface area contributed by atoms with Crippen LogP contribution in [0.5, 0.6) is 5.75 Å². The number of carbonyl (C=O) groups excluding carboxylic acids is 1. The van der Waals surface area contributed by atoms with E-state index in [1.165, 1.54) is 23.4 Å². The molecule has 0 spiro atoms. The SMILES string of the molecule is COc1ccc(C(NC(=O)Nc2nc3c(s2)CCCC3)C2CC2)cc1. The Labute approximate surface area is 151 Å². The van der Waals surface area contributed by atoms with Crippen molar-refractivity contribution in [2.75, 3.05) is 12.4 Å². The minimum absolute atomic E-state index is 0.0421. The van der Waals surface area contributed by atoms with E-state index in [9.17, 15) is 4.79 Å². The van der Waals surface area contributed by atoms with E-state index in [-0.39, 0.29) is 12.1 Å². The summed E-state index contributed by atoms with van der Waals surface area (Å²) in [5.74, 6) is 1.35. The van der Waals surface area contributed by atoms with Crippen molar-refractivity contribution in [1.82, 2.24) is 10.3 Å². The maximum Gasteiger partial charge on any atom is 0.321 e. The van der Waals surface area contributed by atoms with E-state index >= 15 is 0 Å². The van der Waals surface area contributed by atoms with E-state index in [0.29, 0.717) is 11.0 Å². The summed E-state index contributed by atoms with van der Waals surface area (Å²) >= 11 is 1.62. The van der Waals surface area contributed by atoms with Gasteiger partial charge in [0, 0.05) is 4.88 Å². The van der Waals surface area contributed by atoms with E-state index in [1.54, 1.807) is 18.4 Å². The number of carbonyl (C=O) groups is 1. The highest BCUT2D eigenvalue weighted by atomic mass is 32.1. The van der Waals surface area contributed by atoms with Crippen molar-refractivity contribution in [1.29, 1.82) is 0 Å². The molecule has 2 aliphatic rings.